The van der Waals surface area contributed by atoms with E-state index in [1.807, 2.05) is 11.6 Å². The summed E-state index contributed by atoms with van der Waals surface area (Å²) >= 11 is 1.31. The van der Waals surface area contributed by atoms with Gasteiger partial charge in [0.2, 0.25) is 11.1 Å². The maximum Gasteiger partial charge on any atom is 0.238 e. The Bertz CT molecular complexity index is 721. The number of hydrogen-bond donors (Lipinski definition) is 2. The fraction of sp³-hybridized carbons (Fsp3) is 0.600. The van der Waals surface area contributed by atoms with Crippen molar-refractivity contribution >= 4 is 23.5 Å². The van der Waals surface area contributed by atoms with Crippen LogP contribution < -0.4 is 11.2 Å². The molecule has 0 bridgehead atoms. The molecule has 3 N–H and O–H groups in total. The average Bonchev–Trinajstić information content (AvgIpc) is 3.20. The quantitative estimate of drug-likeness (QED) is 0.586. The first-order chi connectivity index (χ1) is 11.5. The lowest BCUT2D eigenvalue weighted by Gasteiger charge is -2.16. The van der Waals surface area contributed by atoms with Gasteiger partial charge >= 0.3 is 0 Å². The predicted octanol–water partition coefficient (Wildman–Crippen LogP) is 2.16. The summed E-state index contributed by atoms with van der Waals surface area (Å²) in [6.07, 6.45) is 4.85. The summed E-state index contributed by atoms with van der Waals surface area (Å²) < 4.78 is 3.33. The lowest BCUT2D eigenvalue weighted by Crippen LogP contribution is -2.25. The molecule has 2 aromatic heterocycles. The molecule has 0 aliphatic heterocycles. The van der Waals surface area contributed by atoms with Crippen LogP contribution in [-0.2, 0) is 4.79 Å². The van der Waals surface area contributed by atoms with Crippen molar-refractivity contribution in [3.05, 3.63) is 18.1 Å². The van der Waals surface area contributed by atoms with Crippen molar-refractivity contribution < 1.29 is 4.79 Å². The standard InChI is InChI=1S/C15H23N7OS/c1-4-9(2)22-12(7-8-17-22)18-14(23)10(3)24-15-20-19-13(21(15)16)11-5-6-11/h7-11H,4-6,16H2,1-3H3,(H,18,23)/t9-,10+/m1/s1. The molecule has 0 unspecified atom stereocenters. The Balaban J connectivity index is 1.64. The first-order valence-corrected chi connectivity index (χ1v) is 9.10. The second kappa shape index (κ2) is 6.84. The summed E-state index contributed by atoms with van der Waals surface area (Å²) in [7, 11) is 0. The van der Waals surface area contributed by atoms with Crippen molar-refractivity contribution in [3.63, 3.8) is 0 Å². The minimum absolute atomic E-state index is 0.110. The summed E-state index contributed by atoms with van der Waals surface area (Å²) in [5.41, 5.74) is 0. The van der Waals surface area contributed by atoms with Crippen LogP contribution in [0.25, 0.3) is 0 Å². The van der Waals surface area contributed by atoms with Gasteiger partial charge in [-0.2, -0.15) is 5.10 Å². The van der Waals surface area contributed by atoms with Crippen molar-refractivity contribution in [2.75, 3.05) is 11.2 Å². The number of hydrogen-bond acceptors (Lipinski definition) is 6. The number of amides is 1. The van der Waals surface area contributed by atoms with E-state index in [1.165, 1.54) is 16.4 Å². The van der Waals surface area contributed by atoms with Gasteiger partial charge in [-0.05, 0) is 33.1 Å². The van der Waals surface area contributed by atoms with E-state index in [1.54, 1.807) is 12.3 Å². The Labute approximate surface area is 145 Å². The smallest absolute Gasteiger partial charge is 0.238 e. The molecule has 130 valence electrons. The normalized spacial score (nSPS) is 16.8. The second-order valence-electron chi connectivity index (χ2n) is 6.15. The molecular formula is C15H23N7OS. The van der Waals surface area contributed by atoms with Crippen LogP contribution in [0.4, 0.5) is 5.82 Å². The Morgan fingerprint density at radius 1 is 1.46 bits per heavy atom. The number of anilines is 1. The third-order valence-corrected chi connectivity index (χ3v) is 5.27. The number of nitrogens with two attached hydrogens (primary N) is 1. The second-order valence-corrected chi connectivity index (χ2v) is 7.46. The molecule has 1 aliphatic rings. The van der Waals surface area contributed by atoms with Gasteiger partial charge in [0.05, 0.1) is 17.5 Å². The van der Waals surface area contributed by atoms with Crippen molar-refractivity contribution in [2.45, 2.75) is 62.4 Å². The minimum Gasteiger partial charge on any atom is -0.336 e. The number of carbonyl (C=O) groups excluding carboxylic acids is 1. The predicted molar refractivity (Wildman–Crippen MR) is 93.3 cm³/mol. The number of nitrogen functional groups attached to an aromatic ring is 1. The van der Waals surface area contributed by atoms with Gasteiger partial charge < -0.3 is 11.2 Å². The summed E-state index contributed by atoms with van der Waals surface area (Å²) in [5, 5.41) is 15.7. The summed E-state index contributed by atoms with van der Waals surface area (Å²) in [4.78, 5) is 12.5. The van der Waals surface area contributed by atoms with Gasteiger partial charge in [-0.15, -0.1) is 10.2 Å². The van der Waals surface area contributed by atoms with Crippen molar-refractivity contribution in [1.82, 2.24) is 24.7 Å². The fourth-order valence-electron chi connectivity index (χ4n) is 2.37. The van der Waals surface area contributed by atoms with Gasteiger partial charge in [0.25, 0.3) is 0 Å². The first kappa shape index (κ1) is 16.8. The molecule has 9 heteroatoms. The van der Waals surface area contributed by atoms with E-state index in [-0.39, 0.29) is 17.2 Å². The zero-order valence-electron chi connectivity index (χ0n) is 14.1. The van der Waals surface area contributed by atoms with Crippen LogP contribution >= 0.6 is 11.8 Å². The molecule has 0 spiro atoms. The van der Waals surface area contributed by atoms with Crippen LogP contribution in [0.1, 0.15) is 57.8 Å². The maximum absolute atomic E-state index is 12.5. The molecule has 0 saturated heterocycles. The lowest BCUT2D eigenvalue weighted by molar-refractivity contribution is -0.115. The van der Waals surface area contributed by atoms with E-state index in [2.05, 4.69) is 34.5 Å². The van der Waals surface area contributed by atoms with Crippen molar-refractivity contribution in [2.24, 2.45) is 0 Å². The summed E-state index contributed by atoms with van der Waals surface area (Å²) in [5.74, 6) is 7.86. The highest BCUT2D eigenvalue weighted by Crippen LogP contribution is 2.39. The van der Waals surface area contributed by atoms with Gasteiger partial charge in [0.15, 0.2) is 5.82 Å². The summed E-state index contributed by atoms with van der Waals surface area (Å²) in [6.45, 7) is 5.98. The van der Waals surface area contributed by atoms with Crippen LogP contribution in [0.5, 0.6) is 0 Å². The first-order valence-electron chi connectivity index (χ1n) is 8.22. The van der Waals surface area contributed by atoms with Gasteiger partial charge in [0, 0.05) is 12.0 Å². The Morgan fingerprint density at radius 3 is 2.88 bits per heavy atom. The Hall–Kier alpha value is -2.03. The van der Waals surface area contributed by atoms with E-state index < -0.39 is 0 Å². The highest BCUT2D eigenvalue weighted by Gasteiger charge is 2.30. The van der Waals surface area contributed by atoms with Crippen LogP contribution in [0, 0.1) is 0 Å². The molecule has 1 aliphatic carbocycles. The van der Waals surface area contributed by atoms with E-state index >= 15 is 0 Å². The minimum atomic E-state index is -0.344. The van der Waals surface area contributed by atoms with E-state index in [9.17, 15) is 4.79 Å². The van der Waals surface area contributed by atoms with Gasteiger partial charge in [-0.25, -0.2) is 9.36 Å². The van der Waals surface area contributed by atoms with Crippen LogP contribution in [0.15, 0.2) is 17.4 Å². The van der Waals surface area contributed by atoms with Crippen LogP contribution in [0.3, 0.4) is 0 Å². The average molecular weight is 349 g/mol. The number of nitrogens with zero attached hydrogens (tertiary/aromatic N) is 5. The zero-order valence-corrected chi connectivity index (χ0v) is 15.0. The van der Waals surface area contributed by atoms with Crippen LogP contribution in [0.2, 0.25) is 0 Å². The third kappa shape index (κ3) is 3.40. The molecule has 8 nitrogen and oxygen atoms in total. The lowest BCUT2D eigenvalue weighted by atomic mass is 10.3. The monoisotopic (exact) mass is 349 g/mol. The largest absolute Gasteiger partial charge is 0.336 e. The maximum atomic E-state index is 12.5. The zero-order chi connectivity index (χ0) is 17.3. The molecular weight excluding hydrogens is 326 g/mol. The number of aromatic nitrogens is 5. The third-order valence-electron chi connectivity index (χ3n) is 4.21. The number of rotatable bonds is 7. The highest BCUT2D eigenvalue weighted by molar-refractivity contribution is 8.00. The van der Waals surface area contributed by atoms with E-state index in [0.29, 0.717) is 16.9 Å². The topological polar surface area (TPSA) is 104 Å². The fourth-order valence-corrected chi connectivity index (χ4v) is 3.14. The van der Waals surface area contributed by atoms with Gasteiger partial charge in [-0.1, -0.05) is 18.7 Å². The molecule has 0 aromatic carbocycles. The molecule has 3 rings (SSSR count). The Kier molecular flexibility index (Phi) is 4.79. The van der Waals surface area contributed by atoms with Crippen LogP contribution in [-0.4, -0.2) is 35.8 Å². The molecule has 2 atom stereocenters. The molecule has 0 radical (unpaired) electrons. The SMILES string of the molecule is CC[C@@H](C)n1nccc1NC(=O)[C@H](C)Sc1nnc(C2CC2)n1N. The van der Waals surface area contributed by atoms with Crippen molar-refractivity contribution in [3.8, 4) is 0 Å². The molecule has 1 fully saturated rings. The molecule has 1 amide bonds. The van der Waals surface area contributed by atoms with E-state index in [0.717, 1.165) is 25.1 Å². The molecule has 2 aromatic rings. The number of carbonyl (C=O) groups is 1. The van der Waals surface area contributed by atoms with Gasteiger partial charge in [-0.3, -0.25) is 4.79 Å². The van der Waals surface area contributed by atoms with Gasteiger partial charge in [0.1, 0.15) is 5.82 Å². The molecule has 1 saturated carbocycles. The molecule has 2 heterocycles. The van der Waals surface area contributed by atoms with Crippen molar-refractivity contribution in [1.29, 1.82) is 0 Å². The summed E-state index contributed by atoms with van der Waals surface area (Å²) in [6, 6.07) is 2.03. The van der Waals surface area contributed by atoms with E-state index in [4.69, 9.17) is 5.84 Å². The Morgan fingerprint density at radius 2 is 2.21 bits per heavy atom. The number of nitrogens with one attached hydrogen (secondary N) is 1. The molecule has 24 heavy (non-hydrogen) atoms. The number of thioether (sulfide) groups is 1. The highest BCUT2D eigenvalue weighted by atomic mass is 32.2.